The number of carbonyl (C=O) groups is 1. The van der Waals surface area contributed by atoms with Crippen molar-refractivity contribution in [3.63, 3.8) is 0 Å². The third-order valence-corrected chi connectivity index (χ3v) is 4.04. The van der Waals surface area contributed by atoms with Crippen LogP contribution in [0.25, 0.3) is 0 Å². The molecule has 1 amide bonds. The summed E-state index contributed by atoms with van der Waals surface area (Å²) in [7, 11) is 3.78. The molecule has 0 unspecified atom stereocenters. The molecule has 1 aliphatic rings. The number of nitrogens with zero attached hydrogens (tertiary/aromatic N) is 2. The van der Waals surface area contributed by atoms with E-state index in [2.05, 4.69) is 10.2 Å². The first-order valence-electron chi connectivity index (χ1n) is 7.38. The quantitative estimate of drug-likeness (QED) is 0.895. The summed E-state index contributed by atoms with van der Waals surface area (Å²) in [4.78, 5) is 16.6. The number of amides is 1. The van der Waals surface area contributed by atoms with E-state index in [1.54, 1.807) is 0 Å². The average Bonchev–Trinajstić information content (AvgIpc) is 2.97. The van der Waals surface area contributed by atoms with E-state index in [1.807, 2.05) is 44.1 Å². The first-order chi connectivity index (χ1) is 9.61. The van der Waals surface area contributed by atoms with Gasteiger partial charge in [-0.05, 0) is 56.6 Å². The van der Waals surface area contributed by atoms with E-state index < -0.39 is 0 Å². The fourth-order valence-electron chi connectivity index (χ4n) is 2.70. The summed E-state index contributed by atoms with van der Waals surface area (Å²) in [5.41, 5.74) is 2.94. The molecule has 1 N–H and O–H groups in total. The number of anilines is 1. The van der Waals surface area contributed by atoms with Crippen molar-refractivity contribution in [1.82, 2.24) is 9.80 Å². The van der Waals surface area contributed by atoms with Gasteiger partial charge in [0.2, 0.25) is 0 Å². The van der Waals surface area contributed by atoms with Gasteiger partial charge in [-0.2, -0.15) is 0 Å². The van der Waals surface area contributed by atoms with Gasteiger partial charge in [-0.3, -0.25) is 4.79 Å². The lowest BCUT2D eigenvalue weighted by Gasteiger charge is -2.22. The van der Waals surface area contributed by atoms with Crippen molar-refractivity contribution in [2.24, 2.45) is 0 Å². The Morgan fingerprint density at radius 1 is 1.35 bits per heavy atom. The Hall–Kier alpha value is -1.55. The van der Waals surface area contributed by atoms with E-state index in [-0.39, 0.29) is 5.91 Å². The highest BCUT2D eigenvalue weighted by atomic mass is 16.2. The maximum absolute atomic E-state index is 12.4. The van der Waals surface area contributed by atoms with Gasteiger partial charge in [0.05, 0.1) is 0 Å². The third kappa shape index (κ3) is 3.51. The second-order valence-electron chi connectivity index (χ2n) is 5.56. The molecule has 0 atom stereocenters. The van der Waals surface area contributed by atoms with Crippen LogP contribution in [0.2, 0.25) is 0 Å². The van der Waals surface area contributed by atoms with Crippen LogP contribution in [0.3, 0.4) is 0 Å². The molecule has 0 bridgehead atoms. The molecule has 0 radical (unpaired) electrons. The van der Waals surface area contributed by atoms with Gasteiger partial charge in [0.1, 0.15) is 0 Å². The zero-order valence-corrected chi connectivity index (χ0v) is 12.8. The van der Waals surface area contributed by atoms with Gasteiger partial charge in [-0.15, -0.1) is 0 Å². The lowest BCUT2D eigenvalue weighted by molar-refractivity contribution is 0.0782. The molecule has 20 heavy (non-hydrogen) atoms. The Morgan fingerprint density at radius 3 is 2.65 bits per heavy atom. The predicted molar refractivity (Wildman–Crippen MR) is 83.4 cm³/mol. The molecule has 1 aromatic rings. The number of likely N-dealkylation sites (N-methyl/N-ethyl adjacent to an activating group) is 1. The van der Waals surface area contributed by atoms with E-state index in [0.29, 0.717) is 0 Å². The molecule has 1 aliphatic heterocycles. The van der Waals surface area contributed by atoms with Crippen LogP contribution in [-0.4, -0.2) is 56.0 Å². The van der Waals surface area contributed by atoms with E-state index in [1.165, 1.54) is 25.9 Å². The minimum Gasteiger partial charge on any atom is -0.388 e. The summed E-state index contributed by atoms with van der Waals surface area (Å²) < 4.78 is 0. The molecule has 0 aliphatic carbocycles. The average molecular weight is 275 g/mol. The highest BCUT2D eigenvalue weighted by Crippen LogP contribution is 2.17. The Labute approximate surface area is 121 Å². The van der Waals surface area contributed by atoms with Crippen LogP contribution in [0.15, 0.2) is 18.2 Å². The zero-order valence-electron chi connectivity index (χ0n) is 12.8. The first-order valence-corrected chi connectivity index (χ1v) is 7.38. The monoisotopic (exact) mass is 275 g/mol. The van der Waals surface area contributed by atoms with Crippen molar-refractivity contribution in [1.29, 1.82) is 0 Å². The van der Waals surface area contributed by atoms with E-state index in [0.717, 1.165) is 29.9 Å². The highest BCUT2D eigenvalue weighted by molar-refractivity contribution is 5.94. The zero-order chi connectivity index (χ0) is 14.5. The number of carbonyl (C=O) groups excluding carboxylic acids is 1. The van der Waals surface area contributed by atoms with Crippen molar-refractivity contribution < 1.29 is 4.79 Å². The van der Waals surface area contributed by atoms with Gasteiger partial charge in [0.25, 0.3) is 5.91 Å². The van der Waals surface area contributed by atoms with Crippen LogP contribution >= 0.6 is 0 Å². The molecule has 0 spiro atoms. The molecule has 2 rings (SSSR count). The molecule has 1 aromatic carbocycles. The standard InChI is InChI=1S/C16H25N3O/c1-13-12-14(6-7-15(13)17-2)16(20)18(3)10-11-19-8-4-5-9-19/h6-7,12,17H,4-5,8-11H2,1-3H3. The molecule has 1 fully saturated rings. The smallest absolute Gasteiger partial charge is 0.253 e. The molecule has 4 heteroatoms. The minimum atomic E-state index is 0.106. The minimum absolute atomic E-state index is 0.106. The number of likely N-dealkylation sites (tertiary alicyclic amines) is 1. The fraction of sp³-hybridized carbons (Fsp3) is 0.562. The second-order valence-corrected chi connectivity index (χ2v) is 5.56. The highest BCUT2D eigenvalue weighted by Gasteiger charge is 2.16. The first kappa shape index (κ1) is 14.9. The Morgan fingerprint density at radius 2 is 2.05 bits per heavy atom. The summed E-state index contributed by atoms with van der Waals surface area (Å²) in [6, 6.07) is 5.82. The predicted octanol–water partition coefficient (Wildman–Crippen LogP) is 2.20. The fourth-order valence-corrected chi connectivity index (χ4v) is 2.70. The van der Waals surface area contributed by atoms with Crippen molar-refractivity contribution in [2.75, 3.05) is 45.6 Å². The van der Waals surface area contributed by atoms with E-state index in [9.17, 15) is 4.79 Å². The second kappa shape index (κ2) is 6.75. The van der Waals surface area contributed by atoms with Crippen molar-refractivity contribution >= 4 is 11.6 Å². The van der Waals surface area contributed by atoms with Crippen LogP contribution in [0, 0.1) is 6.92 Å². The summed E-state index contributed by atoms with van der Waals surface area (Å²) in [6.45, 7) is 6.16. The van der Waals surface area contributed by atoms with Gasteiger partial charge >= 0.3 is 0 Å². The summed E-state index contributed by atoms with van der Waals surface area (Å²) >= 11 is 0. The topological polar surface area (TPSA) is 35.6 Å². The van der Waals surface area contributed by atoms with E-state index >= 15 is 0 Å². The Balaban J connectivity index is 1.93. The number of nitrogens with one attached hydrogen (secondary N) is 1. The van der Waals surface area contributed by atoms with Crippen molar-refractivity contribution in [2.45, 2.75) is 19.8 Å². The van der Waals surface area contributed by atoms with Gasteiger partial charge in [-0.1, -0.05) is 0 Å². The van der Waals surface area contributed by atoms with Crippen LogP contribution in [0.4, 0.5) is 5.69 Å². The normalized spacial score (nSPS) is 15.3. The number of aryl methyl sites for hydroxylation is 1. The molecule has 110 valence electrons. The third-order valence-electron chi connectivity index (χ3n) is 4.04. The summed E-state index contributed by atoms with van der Waals surface area (Å²) in [5.74, 6) is 0.106. The van der Waals surface area contributed by atoms with Crippen LogP contribution in [0.5, 0.6) is 0 Å². The van der Waals surface area contributed by atoms with Crippen LogP contribution in [-0.2, 0) is 0 Å². The largest absolute Gasteiger partial charge is 0.388 e. The lowest BCUT2D eigenvalue weighted by Crippen LogP contribution is -2.35. The number of hydrogen-bond donors (Lipinski definition) is 1. The number of benzene rings is 1. The molecule has 1 saturated heterocycles. The van der Waals surface area contributed by atoms with Crippen LogP contribution < -0.4 is 5.32 Å². The maximum atomic E-state index is 12.4. The molecule has 1 heterocycles. The lowest BCUT2D eigenvalue weighted by atomic mass is 10.1. The van der Waals surface area contributed by atoms with Crippen molar-refractivity contribution in [3.8, 4) is 0 Å². The number of hydrogen-bond acceptors (Lipinski definition) is 3. The molecular weight excluding hydrogens is 250 g/mol. The molecule has 4 nitrogen and oxygen atoms in total. The van der Waals surface area contributed by atoms with Gasteiger partial charge in [0.15, 0.2) is 0 Å². The van der Waals surface area contributed by atoms with Gasteiger partial charge in [0, 0.05) is 38.4 Å². The van der Waals surface area contributed by atoms with Crippen molar-refractivity contribution in [3.05, 3.63) is 29.3 Å². The molecule has 0 saturated carbocycles. The van der Waals surface area contributed by atoms with E-state index in [4.69, 9.17) is 0 Å². The maximum Gasteiger partial charge on any atom is 0.253 e. The SMILES string of the molecule is CNc1ccc(C(=O)N(C)CCN2CCCC2)cc1C. The Kier molecular flexibility index (Phi) is 5.01. The summed E-state index contributed by atoms with van der Waals surface area (Å²) in [5, 5.41) is 3.12. The molecule has 0 aromatic heterocycles. The van der Waals surface area contributed by atoms with Gasteiger partial charge < -0.3 is 15.1 Å². The Bertz CT molecular complexity index is 467. The number of rotatable bonds is 5. The molecular formula is C16H25N3O. The summed E-state index contributed by atoms with van der Waals surface area (Å²) in [6.07, 6.45) is 2.59. The van der Waals surface area contributed by atoms with Crippen LogP contribution in [0.1, 0.15) is 28.8 Å². The van der Waals surface area contributed by atoms with Gasteiger partial charge in [-0.25, -0.2) is 0 Å².